The van der Waals surface area contributed by atoms with Crippen LogP contribution in [0.2, 0.25) is 0 Å². The number of likely N-dealkylation sites (tertiary alicyclic amines) is 1. The molecule has 7 nitrogen and oxygen atoms in total. The number of nitrogens with zero attached hydrogens (tertiary/aromatic N) is 2. The Kier molecular flexibility index (Phi) is 6.32. The van der Waals surface area contributed by atoms with Crippen LogP contribution in [0.25, 0.3) is 0 Å². The van der Waals surface area contributed by atoms with Crippen LogP contribution in [-0.4, -0.2) is 67.7 Å². The Morgan fingerprint density at radius 3 is 2.40 bits per heavy atom. The standard InChI is InChI=1S/C18H35N5O2/c1-6-20-16(22-14-11-18(4,25-5)17(14,2)3)21-13-7-9-23(10-8-13)12-15(19)24/h13-14H,6-12H2,1-5H3,(H2,19,24)(H2,20,21,22). The fourth-order valence-corrected chi connectivity index (χ4v) is 3.83. The number of guanidine groups is 1. The van der Waals surface area contributed by atoms with Gasteiger partial charge in [0.1, 0.15) is 0 Å². The van der Waals surface area contributed by atoms with Crippen molar-refractivity contribution in [1.82, 2.24) is 15.5 Å². The molecule has 2 aliphatic rings. The average molecular weight is 354 g/mol. The zero-order chi connectivity index (χ0) is 18.7. The monoisotopic (exact) mass is 353 g/mol. The molecular weight excluding hydrogens is 318 g/mol. The number of carbonyl (C=O) groups is 1. The number of hydrogen-bond donors (Lipinski definition) is 3. The molecule has 2 unspecified atom stereocenters. The second kappa shape index (κ2) is 7.91. The van der Waals surface area contributed by atoms with Crippen molar-refractivity contribution in [2.45, 2.75) is 64.6 Å². The van der Waals surface area contributed by atoms with Crippen LogP contribution in [-0.2, 0) is 9.53 Å². The Labute approximate surface area is 151 Å². The molecule has 0 radical (unpaired) electrons. The van der Waals surface area contributed by atoms with E-state index in [9.17, 15) is 4.79 Å². The molecule has 2 rings (SSSR count). The zero-order valence-electron chi connectivity index (χ0n) is 16.4. The van der Waals surface area contributed by atoms with Gasteiger partial charge in [-0.1, -0.05) is 13.8 Å². The van der Waals surface area contributed by atoms with Crippen LogP contribution in [0.4, 0.5) is 0 Å². The van der Waals surface area contributed by atoms with E-state index < -0.39 is 0 Å². The normalized spacial score (nSPS) is 30.6. The van der Waals surface area contributed by atoms with E-state index in [1.54, 1.807) is 7.11 Å². The van der Waals surface area contributed by atoms with Crippen molar-refractivity contribution in [3.8, 4) is 0 Å². The van der Waals surface area contributed by atoms with Crippen LogP contribution in [0.3, 0.4) is 0 Å². The lowest BCUT2D eigenvalue weighted by molar-refractivity contribution is -0.176. The molecule has 1 aliphatic heterocycles. The van der Waals surface area contributed by atoms with Gasteiger partial charge in [0.05, 0.1) is 12.1 Å². The molecule has 7 heteroatoms. The number of ether oxygens (including phenoxy) is 1. The Balaban J connectivity index is 1.87. The minimum absolute atomic E-state index is 0.0444. The van der Waals surface area contributed by atoms with E-state index in [2.05, 4.69) is 41.3 Å². The number of aliphatic imine (C=N–C) groups is 1. The van der Waals surface area contributed by atoms with Crippen molar-refractivity contribution >= 4 is 11.9 Å². The molecule has 25 heavy (non-hydrogen) atoms. The van der Waals surface area contributed by atoms with Crippen LogP contribution in [0, 0.1) is 5.41 Å². The first-order chi connectivity index (χ1) is 11.7. The number of rotatable bonds is 6. The molecule has 0 aromatic carbocycles. The van der Waals surface area contributed by atoms with E-state index >= 15 is 0 Å². The van der Waals surface area contributed by atoms with Crippen LogP contribution >= 0.6 is 0 Å². The highest BCUT2D eigenvalue weighted by Crippen LogP contribution is 2.51. The van der Waals surface area contributed by atoms with Crippen molar-refractivity contribution in [2.75, 3.05) is 33.3 Å². The molecule has 0 aromatic rings. The minimum Gasteiger partial charge on any atom is -0.378 e. The first kappa shape index (κ1) is 20.0. The van der Waals surface area contributed by atoms with Gasteiger partial charge >= 0.3 is 0 Å². The van der Waals surface area contributed by atoms with Gasteiger partial charge in [-0.2, -0.15) is 0 Å². The van der Waals surface area contributed by atoms with Crippen LogP contribution < -0.4 is 16.4 Å². The molecule has 144 valence electrons. The smallest absolute Gasteiger partial charge is 0.231 e. The lowest BCUT2D eigenvalue weighted by Crippen LogP contribution is -2.70. The molecule has 2 fully saturated rings. The summed E-state index contributed by atoms with van der Waals surface area (Å²) in [5.74, 6) is 0.627. The quantitative estimate of drug-likeness (QED) is 0.483. The van der Waals surface area contributed by atoms with Crippen molar-refractivity contribution in [3.05, 3.63) is 0 Å². The highest BCUT2D eigenvalue weighted by atomic mass is 16.5. The van der Waals surface area contributed by atoms with E-state index in [1.807, 2.05) is 6.92 Å². The number of methoxy groups -OCH3 is 1. The molecule has 0 aromatic heterocycles. The third-order valence-electron chi connectivity index (χ3n) is 6.21. The van der Waals surface area contributed by atoms with Gasteiger partial charge in [0.15, 0.2) is 5.96 Å². The summed E-state index contributed by atoms with van der Waals surface area (Å²) in [4.78, 5) is 17.8. The molecule has 1 saturated carbocycles. The largest absolute Gasteiger partial charge is 0.378 e. The summed E-state index contributed by atoms with van der Waals surface area (Å²) in [5.41, 5.74) is 5.23. The van der Waals surface area contributed by atoms with E-state index in [4.69, 9.17) is 10.5 Å². The Morgan fingerprint density at radius 1 is 1.28 bits per heavy atom. The molecule has 0 spiro atoms. The highest BCUT2D eigenvalue weighted by molar-refractivity contribution is 5.80. The van der Waals surface area contributed by atoms with Crippen molar-refractivity contribution in [3.63, 3.8) is 0 Å². The Bertz CT molecular complexity index is 500. The zero-order valence-corrected chi connectivity index (χ0v) is 16.4. The first-order valence-corrected chi connectivity index (χ1v) is 9.35. The minimum atomic E-state index is -0.255. The second-order valence-electron chi connectivity index (χ2n) is 8.04. The average Bonchev–Trinajstić information content (AvgIpc) is 2.55. The topological polar surface area (TPSA) is 92.0 Å². The summed E-state index contributed by atoms with van der Waals surface area (Å²) in [6.45, 7) is 11.6. The van der Waals surface area contributed by atoms with Crippen LogP contribution in [0.1, 0.15) is 47.0 Å². The highest BCUT2D eigenvalue weighted by Gasteiger charge is 2.58. The fourth-order valence-electron chi connectivity index (χ4n) is 3.83. The summed E-state index contributed by atoms with van der Waals surface area (Å²) in [6.07, 6.45) is 2.95. The van der Waals surface area contributed by atoms with Gasteiger partial charge in [-0.25, -0.2) is 0 Å². The lowest BCUT2D eigenvalue weighted by atomic mass is 9.56. The van der Waals surface area contributed by atoms with Gasteiger partial charge in [0, 0.05) is 44.2 Å². The van der Waals surface area contributed by atoms with E-state index in [1.165, 1.54) is 0 Å². The molecular formula is C18H35N5O2. The SMILES string of the molecule is CCN=C(NC1CCN(CC(N)=O)CC1)NC1CC(C)(OC)C1(C)C. The van der Waals surface area contributed by atoms with Crippen molar-refractivity contribution < 1.29 is 9.53 Å². The molecule has 1 saturated heterocycles. The Morgan fingerprint density at radius 2 is 1.92 bits per heavy atom. The number of amides is 1. The number of nitrogens with two attached hydrogens (primary N) is 1. The number of piperidine rings is 1. The van der Waals surface area contributed by atoms with Crippen molar-refractivity contribution in [1.29, 1.82) is 0 Å². The molecule has 0 bridgehead atoms. The summed E-state index contributed by atoms with van der Waals surface area (Å²) >= 11 is 0. The molecule has 1 amide bonds. The predicted molar refractivity (Wildman–Crippen MR) is 101 cm³/mol. The lowest BCUT2D eigenvalue weighted by Gasteiger charge is -2.59. The maximum Gasteiger partial charge on any atom is 0.231 e. The van der Waals surface area contributed by atoms with Gasteiger partial charge in [0.25, 0.3) is 0 Å². The van der Waals surface area contributed by atoms with E-state index in [0.29, 0.717) is 18.6 Å². The van der Waals surface area contributed by atoms with Gasteiger partial charge in [0.2, 0.25) is 5.91 Å². The van der Waals surface area contributed by atoms with Crippen LogP contribution in [0.15, 0.2) is 4.99 Å². The number of primary amides is 1. The third-order valence-corrected chi connectivity index (χ3v) is 6.21. The third kappa shape index (κ3) is 4.44. The summed E-state index contributed by atoms with van der Waals surface area (Å²) in [5, 5.41) is 7.16. The van der Waals surface area contributed by atoms with Crippen molar-refractivity contribution in [2.24, 2.45) is 16.1 Å². The van der Waals surface area contributed by atoms with Gasteiger partial charge in [-0.15, -0.1) is 0 Å². The fraction of sp³-hybridized carbons (Fsp3) is 0.889. The number of carbonyl (C=O) groups excluding carboxylic acids is 1. The molecule has 4 N–H and O–H groups in total. The molecule has 1 heterocycles. The summed E-state index contributed by atoms with van der Waals surface area (Å²) < 4.78 is 5.71. The predicted octanol–water partition coefficient (Wildman–Crippen LogP) is 0.695. The van der Waals surface area contributed by atoms with Gasteiger partial charge < -0.3 is 21.1 Å². The van der Waals surface area contributed by atoms with Crippen LogP contribution in [0.5, 0.6) is 0 Å². The molecule has 2 atom stereocenters. The summed E-state index contributed by atoms with van der Waals surface area (Å²) in [7, 11) is 1.79. The van der Waals surface area contributed by atoms with E-state index in [0.717, 1.165) is 44.9 Å². The maximum absolute atomic E-state index is 11.0. The molecule has 1 aliphatic carbocycles. The second-order valence-corrected chi connectivity index (χ2v) is 8.04. The first-order valence-electron chi connectivity index (χ1n) is 9.35. The van der Waals surface area contributed by atoms with E-state index in [-0.39, 0.29) is 16.9 Å². The summed E-state index contributed by atoms with van der Waals surface area (Å²) in [6, 6.07) is 0.712. The maximum atomic E-state index is 11.0. The number of nitrogens with one attached hydrogen (secondary N) is 2. The van der Waals surface area contributed by atoms with Gasteiger partial charge in [-0.05, 0) is 33.1 Å². The number of hydrogen-bond acceptors (Lipinski definition) is 4. The van der Waals surface area contributed by atoms with Gasteiger partial charge in [-0.3, -0.25) is 14.7 Å². The Hall–Kier alpha value is -1.34.